The Morgan fingerprint density at radius 1 is 1.35 bits per heavy atom. The number of oxazole rings is 1. The van der Waals surface area contributed by atoms with Crippen LogP contribution in [0.4, 0.5) is 10.5 Å². The van der Waals surface area contributed by atoms with Gasteiger partial charge in [0.25, 0.3) is 0 Å². The highest BCUT2D eigenvalue weighted by Crippen LogP contribution is 2.34. The predicted molar refractivity (Wildman–Crippen MR) is 86.6 cm³/mol. The molecule has 1 aromatic carbocycles. The van der Waals surface area contributed by atoms with Gasteiger partial charge in [0.15, 0.2) is 11.5 Å². The molecular formula is C17H21N3O3. The first-order chi connectivity index (χ1) is 11.1. The van der Waals surface area contributed by atoms with Crippen LogP contribution in [-0.2, 0) is 4.74 Å². The molecule has 6 nitrogen and oxygen atoms in total. The Morgan fingerprint density at radius 2 is 2.22 bits per heavy atom. The Bertz CT molecular complexity index is 740. The molecule has 2 saturated heterocycles. The summed E-state index contributed by atoms with van der Waals surface area (Å²) in [6, 6.07) is 5.43. The lowest BCUT2D eigenvalue weighted by Gasteiger charge is -2.20. The SMILES string of the molecule is CC(C)c1nc2cc(NC(=O)NC3CC4CCC3O4)ccc2o1. The predicted octanol–water partition coefficient (Wildman–Crippen LogP) is 3.39. The van der Waals surface area contributed by atoms with Crippen molar-refractivity contribution in [3.05, 3.63) is 24.1 Å². The van der Waals surface area contributed by atoms with Crippen molar-refractivity contribution >= 4 is 22.8 Å². The van der Waals surface area contributed by atoms with Crippen molar-refractivity contribution in [2.24, 2.45) is 0 Å². The smallest absolute Gasteiger partial charge is 0.319 e. The van der Waals surface area contributed by atoms with Crippen molar-refractivity contribution in [2.45, 2.75) is 57.3 Å². The summed E-state index contributed by atoms with van der Waals surface area (Å²) >= 11 is 0. The van der Waals surface area contributed by atoms with Gasteiger partial charge in [0, 0.05) is 11.6 Å². The van der Waals surface area contributed by atoms with Crippen LogP contribution in [0, 0.1) is 0 Å². The van der Waals surface area contributed by atoms with Gasteiger partial charge in [-0.1, -0.05) is 13.8 Å². The number of carbonyl (C=O) groups excluding carboxylic acids is 1. The minimum Gasteiger partial charge on any atom is -0.440 e. The number of carbonyl (C=O) groups is 1. The van der Waals surface area contributed by atoms with E-state index in [0.29, 0.717) is 17.7 Å². The summed E-state index contributed by atoms with van der Waals surface area (Å²) in [7, 11) is 0. The van der Waals surface area contributed by atoms with Crippen molar-refractivity contribution < 1.29 is 13.9 Å². The van der Waals surface area contributed by atoms with E-state index in [1.165, 1.54) is 0 Å². The van der Waals surface area contributed by atoms with Gasteiger partial charge in [-0.3, -0.25) is 0 Å². The number of anilines is 1. The normalized spacial score (nSPS) is 26.1. The van der Waals surface area contributed by atoms with Gasteiger partial charge < -0.3 is 19.8 Å². The van der Waals surface area contributed by atoms with E-state index in [-0.39, 0.29) is 24.1 Å². The second-order valence-electron chi connectivity index (χ2n) is 6.70. The molecule has 2 aromatic rings. The molecule has 0 radical (unpaired) electrons. The average molecular weight is 315 g/mol. The number of aromatic nitrogens is 1. The lowest BCUT2D eigenvalue weighted by atomic mass is 9.96. The van der Waals surface area contributed by atoms with Gasteiger partial charge in [0.05, 0.1) is 18.2 Å². The fourth-order valence-corrected chi connectivity index (χ4v) is 3.40. The molecule has 0 saturated carbocycles. The molecule has 122 valence electrons. The maximum Gasteiger partial charge on any atom is 0.319 e. The number of hydrogen-bond donors (Lipinski definition) is 2. The van der Waals surface area contributed by atoms with Gasteiger partial charge in [-0.2, -0.15) is 0 Å². The van der Waals surface area contributed by atoms with Crippen molar-refractivity contribution in [3.8, 4) is 0 Å². The molecule has 23 heavy (non-hydrogen) atoms. The number of nitrogens with one attached hydrogen (secondary N) is 2. The summed E-state index contributed by atoms with van der Waals surface area (Å²) in [6.45, 7) is 4.07. The van der Waals surface area contributed by atoms with Crippen LogP contribution in [0.5, 0.6) is 0 Å². The van der Waals surface area contributed by atoms with Crippen LogP contribution in [-0.4, -0.2) is 29.3 Å². The molecular weight excluding hydrogens is 294 g/mol. The topological polar surface area (TPSA) is 76.4 Å². The maximum atomic E-state index is 12.2. The number of urea groups is 1. The lowest BCUT2D eigenvalue weighted by molar-refractivity contribution is 0.0984. The van der Waals surface area contributed by atoms with E-state index in [1.807, 2.05) is 32.0 Å². The summed E-state index contributed by atoms with van der Waals surface area (Å²) < 4.78 is 11.4. The molecule has 2 aliphatic rings. The van der Waals surface area contributed by atoms with Crippen LogP contribution in [0.2, 0.25) is 0 Å². The number of nitrogens with zero attached hydrogens (tertiary/aromatic N) is 1. The molecule has 0 aliphatic carbocycles. The number of amides is 2. The Kier molecular flexibility index (Phi) is 3.49. The molecule has 2 aliphatic heterocycles. The van der Waals surface area contributed by atoms with Crippen LogP contribution >= 0.6 is 0 Å². The molecule has 3 heterocycles. The third-order valence-electron chi connectivity index (χ3n) is 4.58. The first kappa shape index (κ1) is 14.5. The van der Waals surface area contributed by atoms with Crippen LogP contribution in [0.1, 0.15) is 44.9 Å². The van der Waals surface area contributed by atoms with Crippen LogP contribution in [0.3, 0.4) is 0 Å². The summed E-state index contributed by atoms with van der Waals surface area (Å²) in [5.74, 6) is 0.945. The van der Waals surface area contributed by atoms with Gasteiger partial charge >= 0.3 is 6.03 Å². The number of ether oxygens (including phenoxy) is 1. The minimum absolute atomic E-state index is 0.122. The molecule has 3 unspecified atom stereocenters. The summed E-state index contributed by atoms with van der Waals surface area (Å²) in [5.41, 5.74) is 2.21. The first-order valence-electron chi connectivity index (χ1n) is 8.22. The maximum absolute atomic E-state index is 12.2. The lowest BCUT2D eigenvalue weighted by Crippen LogP contribution is -2.43. The van der Waals surface area contributed by atoms with E-state index in [9.17, 15) is 4.79 Å². The number of fused-ring (bicyclic) bond motifs is 3. The molecule has 0 spiro atoms. The summed E-state index contributed by atoms with van der Waals surface area (Å²) in [6.07, 6.45) is 3.57. The molecule has 4 rings (SSSR count). The Balaban J connectivity index is 1.43. The number of rotatable bonds is 3. The van der Waals surface area contributed by atoms with E-state index in [0.717, 1.165) is 30.4 Å². The van der Waals surface area contributed by atoms with Crippen LogP contribution in [0.15, 0.2) is 22.6 Å². The highest BCUT2D eigenvalue weighted by atomic mass is 16.5. The standard InChI is InChI=1S/C17H21N3O3/c1-9(2)16-19-12-7-10(3-5-15(12)23-16)18-17(21)20-13-8-11-4-6-14(13)22-11/h3,5,7,9,11,13-14H,4,6,8H2,1-2H3,(H2,18,20,21). The molecule has 1 aromatic heterocycles. The van der Waals surface area contributed by atoms with Crippen molar-refractivity contribution in [1.82, 2.24) is 10.3 Å². The Morgan fingerprint density at radius 3 is 2.91 bits per heavy atom. The molecule has 6 heteroatoms. The third kappa shape index (κ3) is 2.79. The quantitative estimate of drug-likeness (QED) is 0.910. The van der Waals surface area contributed by atoms with Gasteiger partial charge in [0.1, 0.15) is 5.52 Å². The fourth-order valence-electron chi connectivity index (χ4n) is 3.40. The molecule has 2 bridgehead atoms. The highest BCUT2D eigenvalue weighted by molar-refractivity contribution is 5.91. The summed E-state index contributed by atoms with van der Waals surface area (Å²) in [5, 5.41) is 5.88. The van der Waals surface area contributed by atoms with Gasteiger partial charge in [-0.05, 0) is 37.5 Å². The first-order valence-corrected chi connectivity index (χ1v) is 8.22. The van der Waals surface area contributed by atoms with E-state index in [2.05, 4.69) is 15.6 Å². The van der Waals surface area contributed by atoms with Crippen molar-refractivity contribution in [1.29, 1.82) is 0 Å². The monoisotopic (exact) mass is 315 g/mol. The number of benzene rings is 1. The molecule has 3 atom stereocenters. The van der Waals surface area contributed by atoms with Gasteiger partial charge in [0.2, 0.25) is 0 Å². The molecule has 2 N–H and O–H groups in total. The zero-order valence-corrected chi connectivity index (χ0v) is 13.3. The third-order valence-corrected chi connectivity index (χ3v) is 4.58. The van der Waals surface area contributed by atoms with E-state index in [1.54, 1.807) is 0 Å². The largest absolute Gasteiger partial charge is 0.440 e. The fraction of sp³-hybridized carbons (Fsp3) is 0.529. The van der Waals surface area contributed by atoms with Gasteiger partial charge in [-0.25, -0.2) is 9.78 Å². The van der Waals surface area contributed by atoms with E-state index in [4.69, 9.17) is 9.15 Å². The number of hydrogen-bond acceptors (Lipinski definition) is 4. The van der Waals surface area contributed by atoms with Crippen LogP contribution in [0.25, 0.3) is 11.1 Å². The zero-order valence-electron chi connectivity index (χ0n) is 13.3. The highest BCUT2D eigenvalue weighted by Gasteiger charge is 2.41. The van der Waals surface area contributed by atoms with E-state index >= 15 is 0 Å². The van der Waals surface area contributed by atoms with Gasteiger partial charge in [-0.15, -0.1) is 0 Å². The molecule has 2 amide bonds. The minimum atomic E-state index is -0.196. The Hall–Kier alpha value is -2.08. The zero-order chi connectivity index (χ0) is 16.0. The van der Waals surface area contributed by atoms with E-state index < -0.39 is 0 Å². The molecule has 2 fully saturated rings. The second kappa shape index (κ2) is 5.53. The Labute approximate surface area is 134 Å². The van der Waals surface area contributed by atoms with Crippen LogP contribution < -0.4 is 10.6 Å². The van der Waals surface area contributed by atoms with Crippen molar-refractivity contribution in [3.63, 3.8) is 0 Å². The second-order valence-corrected chi connectivity index (χ2v) is 6.70. The average Bonchev–Trinajstić information content (AvgIpc) is 3.20. The van der Waals surface area contributed by atoms with Crippen molar-refractivity contribution in [2.75, 3.05) is 5.32 Å². The summed E-state index contributed by atoms with van der Waals surface area (Å²) in [4.78, 5) is 16.6.